The molecule has 1 aliphatic carbocycles. The van der Waals surface area contributed by atoms with Gasteiger partial charge in [0.1, 0.15) is 0 Å². The standard InChI is InChI=1S/C24H32N4O2/c29-23(25-15-19-8-3-1-4-9-19)27-17-21-12-7-13-22(14-21)18-28-24(30)26-16-20-10-5-2-6-11-20/h1-6,8-11,21-22H,7,12-18H2,(H2,25,27,29)(H2,26,28,30)/t21-,22-/m0/s1. The Morgan fingerprint density at radius 3 is 1.53 bits per heavy atom. The summed E-state index contributed by atoms with van der Waals surface area (Å²) in [5, 5.41) is 11.8. The van der Waals surface area contributed by atoms with Crippen molar-refractivity contribution in [1.29, 1.82) is 0 Å². The fourth-order valence-corrected chi connectivity index (χ4v) is 3.93. The number of benzene rings is 2. The molecule has 6 nitrogen and oxygen atoms in total. The Kier molecular flexibility index (Phi) is 8.57. The topological polar surface area (TPSA) is 82.3 Å². The fraction of sp³-hybridized carbons (Fsp3) is 0.417. The molecule has 1 fully saturated rings. The molecular formula is C24H32N4O2. The molecular weight excluding hydrogens is 376 g/mol. The van der Waals surface area contributed by atoms with Crippen LogP contribution in [0.5, 0.6) is 0 Å². The molecule has 160 valence electrons. The normalized spacial score (nSPS) is 18.3. The van der Waals surface area contributed by atoms with Crippen molar-refractivity contribution in [3.8, 4) is 0 Å². The summed E-state index contributed by atoms with van der Waals surface area (Å²) in [5.41, 5.74) is 2.17. The summed E-state index contributed by atoms with van der Waals surface area (Å²) < 4.78 is 0. The van der Waals surface area contributed by atoms with E-state index in [9.17, 15) is 9.59 Å². The van der Waals surface area contributed by atoms with Gasteiger partial charge in [0.2, 0.25) is 0 Å². The summed E-state index contributed by atoms with van der Waals surface area (Å²) >= 11 is 0. The molecule has 2 aromatic rings. The lowest BCUT2D eigenvalue weighted by Crippen LogP contribution is -2.41. The van der Waals surface area contributed by atoms with Gasteiger partial charge in [0.25, 0.3) is 0 Å². The summed E-state index contributed by atoms with van der Waals surface area (Å²) in [6.07, 6.45) is 4.40. The molecule has 0 aromatic heterocycles. The number of hydrogen-bond donors (Lipinski definition) is 4. The summed E-state index contributed by atoms with van der Waals surface area (Å²) in [6, 6.07) is 19.5. The minimum atomic E-state index is -0.126. The summed E-state index contributed by atoms with van der Waals surface area (Å²) in [4.78, 5) is 24.1. The first-order valence-corrected chi connectivity index (χ1v) is 10.8. The maximum Gasteiger partial charge on any atom is 0.315 e. The van der Waals surface area contributed by atoms with Crippen LogP contribution in [0, 0.1) is 11.8 Å². The van der Waals surface area contributed by atoms with E-state index in [-0.39, 0.29) is 12.1 Å². The van der Waals surface area contributed by atoms with Crippen LogP contribution in [-0.4, -0.2) is 25.2 Å². The van der Waals surface area contributed by atoms with Crippen LogP contribution in [0.3, 0.4) is 0 Å². The first kappa shape index (κ1) is 21.7. The molecule has 6 heteroatoms. The molecule has 4 N–H and O–H groups in total. The van der Waals surface area contributed by atoms with Crippen LogP contribution in [0.2, 0.25) is 0 Å². The zero-order valence-electron chi connectivity index (χ0n) is 17.4. The zero-order valence-corrected chi connectivity index (χ0v) is 17.4. The average molecular weight is 409 g/mol. The van der Waals surface area contributed by atoms with Crippen LogP contribution in [0.25, 0.3) is 0 Å². The number of nitrogens with one attached hydrogen (secondary N) is 4. The lowest BCUT2D eigenvalue weighted by atomic mass is 9.81. The number of amides is 4. The first-order chi connectivity index (χ1) is 14.7. The van der Waals surface area contributed by atoms with Gasteiger partial charge < -0.3 is 21.3 Å². The second-order valence-corrected chi connectivity index (χ2v) is 8.00. The molecule has 0 radical (unpaired) electrons. The Morgan fingerprint density at radius 2 is 1.10 bits per heavy atom. The molecule has 3 rings (SSSR count). The van der Waals surface area contributed by atoms with Gasteiger partial charge in [-0.2, -0.15) is 0 Å². The highest BCUT2D eigenvalue weighted by atomic mass is 16.2. The Morgan fingerprint density at radius 1 is 0.667 bits per heavy atom. The highest BCUT2D eigenvalue weighted by Crippen LogP contribution is 2.28. The number of urea groups is 2. The molecule has 0 heterocycles. The fourth-order valence-electron chi connectivity index (χ4n) is 3.93. The van der Waals surface area contributed by atoms with Crippen molar-refractivity contribution in [2.45, 2.75) is 38.8 Å². The molecule has 4 amide bonds. The highest BCUT2D eigenvalue weighted by Gasteiger charge is 2.22. The van der Waals surface area contributed by atoms with Gasteiger partial charge >= 0.3 is 12.1 Å². The van der Waals surface area contributed by atoms with E-state index in [1.54, 1.807) is 0 Å². The van der Waals surface area contributed by atoms with Crippen molar-refractivity contribution >= 4 is 12.1 Å². The molecule has 30 heavy (non-hydrogen) atoms. The summed E-state index contributed by atoms with van der Waals surface area (Å²) in [6.45, 7) is 2.42. The second-order valence-electron chi connectivity index (χ2n) is 8.00. The third-order valence-corrected chi connectivity index (χ3v) is 5.59. The average Bonchev–Trinajstić information content (AvgIpc) is 2.80. The van der Waals surface area contributed by atoms with E-state index < -0.39 is 0 Å². The van der Waals surface area contributed by atoms with E-state index in [2.05, 4.69) is 21.3 Å². The Labute approximate surface area is 178 Å². The number of hydrogen-bond acceptors (Lipinski definition) is 2. The van der Waals surface area contributed by atoms with E-state index in [4.69, 9.17) is 0 Å². The van der Waals surface area contributed by atoms with Gasteiger partial charge in [-0.3, -0.25) is 0 Å². The first-order valence-electron chi connectivity index (χ1n) is 10.8. The minimum Gasteiger partial charge on any atom is -0.338 e. The van der Waals surface area contributed by atoms with Crippen molar-refractivity contribution in [2.24, 2.45) is 11.8 Å². The van der Waals surface area contributed by atoms with Gasteiger partial charge in [-0.05, 0) is 42.2 Å². The predicted octanol–water partition coefficient (Wildman–Crippen LogP) is 3.79. The monoisotopic (exact) mass is 408 g/mol. The van der Waals surface area contributed by atoms with E-state index in [0.717, 1.165) is 36.8 Å². The van der Waals surface area contributed by atoms with E-state index >= 15 is 0 Å². The van der Waals surface area contributed by atoms with E-state index in [1.807, 2.05) is 60.7 Å². The van der Waals surface area contributed by atoms with Crippen LogP contribution < -0.4 is 21.3 Å². The van der Waals surface area contributed by atoms with Crippen molar-refractivity contribution in [1.82, 2.24) is 21.3 Å². The molecule has 0 unspecified atom stereocenters. The van der Waals surface area contributed by atoms with Crippen LogP contribution in [-0.2, 0) is 13.1 Å². The third-order valence-electron chi connectivity index (χ3n) is 5.59. The van der Waals surface area contributed by atoms with Crippen LogP contribution >= 0.6 is 0 Å². The second kappa shape index (κ2) is 11.9. The van der Waals surface area contributed by atoms with Gasteiger partial charge in [-0.1, -0.05) is 67.1 Å². The SMILES string of the molecule is O=C(NCc1ccccc1)NC[C@H]1CCC[C@H](CNC(=O)NCc2ccccc2)C1. The smallest absolute Gasteiger partial charge is 0.315 e. The molecule has 0 aliphatic heterocycles. The van der Waals surface area contributed by atoms with Crippen LogP contribution in [0.15, 0.2) is 60.7 Å². The lowest BCUT2D eigenvalue weighted by molar-refractivity contribution is 0.221. The molecule has 1 saturated carbocycles. The molecule has 0 bridgehead atoms. The van der Waals surface area contributed by atoms with E-state index in [1.165, 1.54) is 0 Å². The molecule has 2 aromatic carbocycles. The van der Waals surface area contributed by atoms with Gasteiger partial charge in [-0.15, -0.1) is 0 Å². The van der Waals surface area contributed by atoms with Crippen LogP contribution in [0.1, 0.15) is 36.8 Å². The predicted molar refractivity (Wildman–Crippen MR) is 119 cm³/mol. The summed E-state index contributed by atoms with van der Waals surface area (Å²) in [5.74, 6) is 0.917. The van der Waals surface area contributed by atoms with Crippen molar-refractivity contribution in [2.75, 3.05) is 13.1 Å². The van der Waals surface area contributed by atoms with Gasteiger partial charge in [0.15, 0.2) is 0 Å². The maximum absolute atomic E-state index is 12.1. The van der Waals surface area contributed by atoms with Crippen molar-refractivity contribution in [3.05, 3.63) is 71.8 Å². The minimum absolute atomic E-state index is 0.126. The zero-order chi connectivity index (χ0) is 21.0. The third kappa shape index (κ3) is 7.78. The molecule has 2 atom stereocenters. The maximum atomic E-state index is 12.1. The largest absolute Gasteiger partial charge is 0.338 e. The quantitative estimate of drug-likeness (QED) is 0.536. The van der Waals surface area contributed by atoms with Crippen molar-refractivity contribution < 1.29 is 9.59 Å². The number of carbonyl (C=O) groups excluding carboxylic acids is 2. The number of carbonyl (C=O) groups is 2. The summed E-state index contributed by atoms with van der Waals surface area (Å²) in [7, 11) is 0. The molecule has 1 aliphatic rings. The highest BCUT2D eigenvalue weighted by molar-refractivity contribution is 5.74. The van der Waals surface area contributed by atoms with Gasteiger partial charge in [-0.25, -0.2) is 9.59 Å². The number of rotatable bonds is 8. The molecule has 0 saturated heterocycles. The molecule has 0 spiro atoms. The van der Waals surface area contributed by atoms with Gasteiger partial charge in [0.05, 0.1) is 0 Å². The lowest BCUT2D eigenvalue weighted by Gasteiger charge is -2.29. The van der Waals surface area contributed by atoms with E-state index in [0.29, 0.717) is 38.0 Å². The van der Waals surface area contributed by atoms with Gasteiger partial charge in [0, 0.05) is 26.2 Å². The Hall–Kier alpha value is -3.02. The Bertz CT molecular complexity index is 717. The van der Waals surface area contributed by atoms with Crippen molar-refractivity contribution in [3.63, 3.8) is 0 Å². The van der Waals surface area contributed by atoms with Crippen LogP contribution in [0.4, 0.5) is 9.59 Å². The Balaban J connectivity index is 1.29.